The lowest BCUT2D eigenvalue weighted by Gasteiger charge is -2.07. The molecular formula is C19H18N2O. The molecule has 0 bridgehead atoms. The summed E-state index contributed by atoms with van der Waals surface area (Å²) in [6.07, 6.45) is 4.61. The van der Waals surface area contributed by atoms with Gasteiger partial charge in [0.15, 0.2) is 0 Å². The highest BCUT2D eigenvalue weighted by atomic mass is 16.1. The molecular weight excluding hydrogens is 272 g/mol. The molecule has 3 nitrogen and oxygen atoms in total. The predicted molar refractivity (Wildman–Crippen MR) is 86.6 cm³/mol. The lowest BCUT2D eigenvalue weighted by molar-refractivity contribution is -0.116. The number of anilines is 1. The highest BCUT2D eigenvalue weighted by molar-refractivity contribution is 5.91. The molecule has 1 aliphatic carbocycles. The van der Waals surface area contributed by atoms with E-state index >= 15 is 0 Å². The number of amides is 1. The van der Waals surface area contributed by atoms with Crippen molar-refractivity contribution in [2.24, 2.45) is 0 Å². The van der Waals surface area contributed by atoms with Crippen LogP contribution in [0.4, 0.5) is 5.69 Å². The number of rotatable bonds is 4. The monoisotopic (exact) mass is 290 g/mol. The summed E-state index contributed by atoms with van der Waals surface area (Å²) >= 11 is 0. The molecule has 0 unspecified atom stereocenters. The van der Waals surface area contributed by atoms with Crippen LogP contribution >= 0.6 is 0 Å². The quantitative estimate of drug-likeness (QED) is 0.935. The van der Waals surface area contributed by atoms with Crippen molar-refractivity contribution >= 4 is 11.6 Å². The van der Waals surface area contributed by atoms with Crippen molar-refractivity contribution in [2.45, 2.75) is 32.1 Å². The van der Waals surface area contributed by atoms with Crippen LogP contribution in [0.1, 0.15) is 35.1 Å². The van der Waals surface area contributed by atoms with Gasteiger partial charge in [-0.2, -0.15) is 5.26 Å². The topological polar surface area (TPSA) is 52.9 Å². The van der Waals surface area contributed by atoms with Crippen LogP contribution in [0, 0.1) is 11.3 Å². The number of hydrogen-bond acceptors (Lipinski definition) is 2. The van der Waals surface area contributed by atoms with Crippen LogP contribution in [0.25, 0.3) is 0 Å². The first-order valence-corrected chi connectivity index (χ1v) is 7.65. The van der Waals surface area contributed by atoms with E-state index in [1.54, 1.807) is 12.1 Å². The minimum Gasteiger partial charge on any atom is -0.326 e. The molecule has 0 aliphatic heterocycles. The molecule has 2 aromatic carbocycles. The van der Waals surface area contributed by atoms with Crippen LogP contribution in [0.5, 0.6) is 0 Å². The summed E-state index contributed by atoms with van der Waals surface area (Å²) in [5.41, 5.74) is 5.39. The molecule has 1 N–H and O–H groups in total. The number of benzene rings is 2. The molecule has 0 spiro atoms. The van der Waals surface area contributed by atoms with Crippen molar-refractivity contribution < 1.29 is 4.79 Å². The van der Waals surface area contributed by atoms with E-state index in [-0.39, 0.29) is 5.91 Å². The van der Waals surface area contributed by atoms with E-state index in [1.807, 2.05) is 18.2 Å². The zero-order valence-corrected chi connectivity index (χ0v) is 12.4. The number of fused-ring (bicyclic) bond motifs is 1. The average molecular weight is 290 g/mol. The number of nitriles is 1. The van der Waals surface area contributed by atoms with Gasteiger partial charge in [-0.1, -0.05) is 18.2 Å². The fourth-order valence-corrected chi connectivity index (χ4v) is 2.88. The van der Waals surface area contributed by atoms with E-state index in [2.05, 4.69) is 23.5 Å². The molecule has 0 radical (unpaired) electrons. The number of aryl methyl sites for hydroxylation is 3. The molecule has 0 saturated carbocycles. The Kier molecular flexibility index (Phi) is 4.20. The van der Waals surface area contributed by atoms with Crippen molar-refractivity contribution in [1.82, 2.24) is 0 Å². The molecule has 0 saturated heterocycles. The van der Waals surface area contributed by atoms with Gasteiger partial charge in [0.25, 0.3) is 0 Å². The van der Waals surface area contributed by atoms with Crippen molar-refractivity contribution in [3.8, 4) is 6.07 Å². The molecule has 0 heterocycles. The zero-order valence-electron chi connectivity index (χ0n) is 12.4. The van der Waals surface area contributed by atoms with Gasteiger partial charge in [-0.25, -0.2) is 0 Å². The minimum atomic E-state index is 0.0299. The molecule has 0 aromatic heterocycles. The van der Waals surface area contributed by atoms with Crippen molar-refractivity contribution in [2.75, 3.05) is 5.32 Å². The van der Waals surface area contributed by atoms with Gasteiger partial charge in [-0.15, -0.1) is 0 Å². The smallest absolute Gasteiger partial charge is 0.224 e. The van der Waals surface area contributed by atoms with Gasteiger partial charge in [-0.3, -0.25) is 4.79 Å². The molecule has 1 amide bonds. The highest BCUT2D eigenvalue weighted by Crippen LogP contribution is 2.25. The summed E-state index contributed by atoms with van der Waals surface area (Å²) in [6.45, 7) is 0. The Bertz CT molecular complexity index is 726. The van der Waals surface area contributed by atoms with Gasteiger partial charge in [-0.05, 0) is 66.6 Å². The summed E-state index contributed by atoms with van der Waals surface area (Å²) in [7, 11) is 0. The maximum absolute atomic E-state index is 12.0. The van der Waals surface area contributed by atoms with Gasteiger partial charge in [0.05, 0.1) is 11.6 Å². The second-order valence-electron chi connectivity index (χ2n) is 5.69. The molecule has 3 rings (SSSR count). The minimum absolute atomic E-state index is 0.0299. The van der Waals surface area contributed by atoms with Gasteiger partial charge >= 0.3 is 0 Å². The normalized spacial score (nSPS) is 12.5. The first-order chi connectivity index (χ1) is 10.7. The van der Waals surface area contributed by atoms with E-state index in [4.69, 9.17) is 5.26 Å². The Morgan fingerprint density at radius 2 is 1.86 bits per heavy atom. The third kappa shape index (κ3) is 3.35. The van der Waals surface area contributed by atoms with Gasteiger partial charge < -0.3 is 5.32 Å². The van der Waals surface area contributed by atoms with Crippen LogP contribution in [0.2, 0.25) is 0 Å². The van der Waals surface area contributed by atoms with Gasteiger partial charge in [0.1, 0.15) is 0 Å². The van der Waals surface area contributed by atoms with Crippen molar-refractivity contribution in [1.29, 1.82) is 5.26 Å². The summed E-state index contributed by atoms with van der Waals surface area (Å²) < 4.78 is 0. The predicted octanol–water partition coefficient (Wildman–Crippen LogP) is 3.62. The number of nitrogens with zero attached hydrogens (tertiary/aromatic N) is 1. The average Bonchev–Trinajstić information content (AvgIpc) is 3.01. The largest absolute Gasteiger partial charge is 0.326 e. The maximum atomic E-state index is 12.0. The molecule has 22 heavy (non-hydrogen) atoms. The highest BCUT2D eigenvalue weighted by Gasteiger charge is 2.11. The SMILES string of the molecule is N#Cc1ccc(CCC(=O)Nc2ccc3c(c2)CCC3)cc1. The standard InChI is InChI=1S/C19H18N2O/c20-13-15-6-4-14(5-7-15)8-11-19(22)21-18-10-9-16-2-1-3-17(16)12-18/h4-7,9-10,12H,1-3,8,11H2,(H,21,22). The Balaban J connectivity index is 1.55. The fourth-order valence-electron chi connectivity index (χ4n) is 2.88. The lowest BCUT2D eigenvalue weighted by atomic mass is 10.1. The molecule has 0 fully saturated rings. The number of nitrogens with one attached hydrogen (secondary N) is 1. The van der Waals surface area contributed by atoms with E-state index in [0.717, 1.165) is 24.1 Å². The Labute approximate surface area is 130 Å². The number of carbonyl (C=O) groups excluding carboxylic acids is 1. The van der Waals surface area contributed by atoms with Crippen LogP contribution in [-0.2, 0) is 24.1 Å². The van der Waals surface area contributed by atoms with Crippen LogP contribution in [-0.4, -0.2) is 5.91 Å². The Morgan fingerprint density at radius 3 is 2.64 bits per heavy atom. The molecule has 1 aliphatic rings. The molecule has 110 valence electrons. The van der Waals surface area contributed by atoms with E-state index in [0.29, 0.717) is 18.4 Å². The van der Waals surface area contributed by atoms with Crippen molar-refractivity contribution in [3.05, 3.63) is 64.7 Å². The van der Waals surface area contributed by atoms with Crippen LogP contribution in [0.15, 0.2) is 42.5 Å². The third-order valence-electron chi connectivity index (χ3n) is 4.11. The summed E-state index contributed by atoms with van der Waals surface area (Å²) in [5, 5.41) is 11.7. The van der Waals surface area contributed by atoms with Crippen LogP contribution < -0.4 is 5.32 Å². The second kappa shape index (κ2) is 6.44. The molecule has 0 atom stereocenters. The lowest BCUT2D eigenvalue weighted by Crippen LogP contribution is -2.12. The Hall–Kier alpha value is -2.60. The van der Waals surface area contributed by atoms with Gasteiger partial charge in [0.2, 0.25) is 5.91 Å². The zero-order chi connectivity index (χ0) is 15.4. The summed E-state index contributed by atoms with van der Waals surface area (Å²) in [6, 6.07) is 15.7. The Morgan fingerprint density at radius 1 is 1.09 bits per heavy atom. The first kappa shape index (κ1) is 14.3. The fraction of sp³-hybridized carbons (Fsp3) is 0.263. The van der Waals surface area contributed by atoms with E-state index < -0.39 is 0 Å². The van der Waals surface area contributed by atoms with Crippen molar-refractivity contribution in [3.63, 3.8) is 0 Å². The summed E-state index contributed by atoms with van der Waals surface area (Å²) in [4.78, 5) is 12.0. The third-order valence-corrected chi connectivity index (χ3v) is 4.11. The van der Waals surface area contributed by atoms with E-state index in [1.165, 1.54) is 17.5 Å². The number of carbonyl (C=O) groups is 1. The summed E-state index contributed by atoms with van der Waals surface area (Å²) in [5.74, 6) is 0.0299. The molecule has 2 aromatic rings. The number of hydrogen-bond donors (Lipinski definition) is 1. The van der Waals surface area contributed by atoms with E-state index in [9.17, 15) is 4.79 Å². The first-order valence-electron chi connectivity index (χ1n) is 7.65. The van der Waals surface area contributed by atoms with Crippen LogP contribution in [0.3, 0.4) is 0 Å². The molecule has 3 heteroatoms. The maximum Gasteiger partial charge on any atom is 0.224 e. The second-order valence-corrected chi connectivity index (χ2v) is 5.69. The van der Waals surface area contributed by atoms with Gasteiger partial charge in [0, 0.05) is 12.1 Å².